The van der Waals surface area contributed by atoms with E-state index in [0.29, 0.717) is 24.3 Å². The molecule has 0 bridgehead atoms. The summed E-state index contributed by atoms with van der Waals surface area (Å²) < 4.78 is 0. The van der Waals surface area contributed by atoms with E-state index < -0.39 is 5.91 Å². The van der Waals surface area contributed by atoms with Gasteiger partial charge in [0.15, 0.2) is 5.69 Å². The number of benzene rings is 1. The Morgan fingerprint density at radius 1 is 1.27 bits per heavy atom. The molecule has 2 heterocycles. The average molecular weight is 299 g/mol. The lowest BCUT2D eigenvalue weighted by Crippen LogP contribution is -2.28. The number of carbonyl (C=O) groups excluding carboxylic acids is 2. The predicted molar refractivity (Wildman–Crippen MR) is 80.1 cm³/mol. The van der Waals surface area contributed by atoms with E-state index in [1.807, 2.05) is 0 Å². The van der Waals surface area contributed by atoms with Gasteiger partial charge in [0.05, 0.1) is 0 Å². The summed E-state index contributed by atoms with van der Waals surface area (Å²) in [5.74, 6) is -0.675. The smallest absolute Gasteiger partial charge is 0.272 e. The van der Waals surface area contributed by atoms with Crippen LogP contribution in [0.1, 0.15) is 37.7 Å². The molecule has 22 heavy (non-hydrogen) atoms. The molecule has 0 fully saturated rings. The van der Waals surface area contributed by atoms with Crippen molar-refractivity contribution in [1.82, 2.24) is 20.8 Å². The van der Waals surface area contributed by atoms with E-state index in [4.69, 9.17) is 5.73 Å². The van der Waals surface area contributed by atoms with Crippen LogP contribution in [0, 0.1) is 0 Å². The van der Waals surface area contributed by atoms with Crippen LogP contribution in [0.15, 0.2) is 24.3 Å². The molecular formula is C15H17N5O2. The van der Waals surface area contributed by atoms with Crippen molar-refractivity contribution in [2.24, 2.45) is 5.73 Å². The Bertz CT molecular complexity index is 705. The fourth-order valence-electron chi connectivity index (χ4n) is 2.47. The summed E-state index contributed by atoms with van der Waals surface area (Å²) in [6.45, 7) is 1.91. The zero-order chi connectivity index (χ0) is 15.5. The van der Waals surface area contributed by atoms with Gasteiger partial charge in [-0.05, 0) is 17.7 Å². The normalized spacial score (nSPS) is 13.5. The van der Waals surface area contributed by atoms with Crippen LogP contribution >= 0.6 is 0 Å². The molecule has 1 aromatic carbocycles. The molecule has 1 aromatic heterocycles. The summed E-state index contributed by atoms with van der Waals surface area (Å²) >= 11 is 0. The van der Waals surface area contributed by atoms with E-state index in [1.54, 1.807) is 24.3 Å². The number of primary amides is 1. The van der Waals surface area contributed by atoms with Gasteiger partial charge >= 0.3 is 0 Å². The highest BCUT2D eigenvalue weighted by Gasteiger charge is 2.21. The second-order valence-corrected chi connectivity index (χ2v) is 5.20. The second-order valence-electron chi connectivity index (χ2n) is 5.20. The van der Waals surface area contributed by atoms with Gasteiger partial charge in [-0.2, -0.15) is 5.10 Å². The number of hydrogen-bond donors (Lipinski definition) is 4. The minimum Gasteiger partial charge on any atom is -0.366 e. The van der Waals surface area contributed by atoms with Gasteiger partial charge in [-0.25, -0.2) is 0 Å². The third-order valence-electron chi connectivity index (χ3n) is 3.71. The Hall–Kier alpha value is -2.67. The van der Waals surface area contributed by atoms with Crippen molar-refractivity contribution >= 4 is 11.8 Å². The van der Waals surface area contributed by atoms with Gasteiger partial charge < -0.3 is 16.4 Å². The van der Waals surface area contributed by atoms with Crippen LogP contribution in [0.5, 0.6) is 0 Å². The van der Waals surface area contributed by atoms with Crippen molar-refractivity contribution in [2.45, 2.75) is 19.5 Å². The Labute approximate surface area is 127 Å². The van der Waals surface area contributed by atoms with Crippen LogP contribution < -0.4 is 16.4 Å². The quantitative estimate of drug-likeness (QED) is 0.640. The van der Waals surface area contributed by atoms with Gasteiger partial charge in [0.2, 0.25) is 5.91 Å². The fourth-order valence-corrected chi connectivity index (χ4v) is 2.47. The van der Waals surface area contributed by atoms with Crippen LogP contribution in [0.25, 0.3) is 0 Å². The van der Waals surface area contributed by atoms with Crippen molar-refractivity contribution in [3.05, 3.63) is 52.3 Å². The lowest BCUT2D eigenvalue weighted by Gasteiger charge is -2.12. The first-order chi connectivity index (χ1) is 10.6. The van der Waals surface area contributed by atoms with Crippen molar-refractivity contribution in [3.63, 3.8) is 0 Å². The number of nitrogens with zero attached hydrogens (tertiary/aromatic N) is 1. The number of H-pyrrole nitrogens is 1. The van der Waals surface area contributed by atoms with Gasteiger partial charge in [-0.15, -0.1) is 0 Å². The van der Waals surface area contributed by atoms with Crippen LogP contribution in [0.2, 0.25) is 0 Å². The first-order valence-corrected chi connectivity index (χ1v) is 7.09. The number of fused-ring (bicyclic) bond motifs is 1. The summed E-state index contributed by atoms with van der Waals surface area (Å²) in [6, 6.07) is 6.82. The molecule has 114 valence electrons. The average Bonchev–Trinajstić information content (AvgIpc) is 2.97. The van der Waals surface area contributed by atoms with Gasteiger partial charge in [-0.3, -0.25) is 14.7 Å². The molecular weight excluding hydrogens is 282 g/mol. The zero-order valence-electron chi connectivity index (χ0n) is 12.0. The van der Waals surface area contributed by atoms with Crippen LogP contribution in [-0.4, -0.2) is 28.6 Å². The van der Waals surface area contributed by atoms with Crippen molar-refractivity contribution in [3.8, 4) is 0 Å². The maximum Gasteiger partial charge on any atom is 0.272 e. The molecule has 0 aliphatic carbocycles. The van der Waals surface area contributed by atoms with Crippen molar-refractivity contribution in [2.75, 3.05) is 6.54 Å². The number of rotatable bonds is 4. The molecule has 0 saturated heterocycles. The maximum absolute atomic E-state index is 12.2. The Morgan fingerprint density at radius 2 is 2.05 bits per heavy atom. The van der Waals surface area contributed by atoms with Crippen molar-refractivity contribution < 1.29 is 9.59 Å². The molecule has 0 radical (unpaired) electrons. The highest BCUT2D eigenvalue weighted by atomic mass is 16.2. The van der Waals surface area contributed by atoms with E-state index in [0.717, 1.165) is 29.8 Å². The first kappa shape index (κ1) is 14.3. The highest BCUT2D eigenvalue weighted by Crippen LogP contribution is 2.15. The van der Waals surface area contributed by atoms with E-state index in [2.05, 4.69) is 20.8 Å². The number of hydrogen-bond acceptors (Lipinski definition) is 4. The van der Waals surface area contributed by atoms with E-state index in [9.17, 15) is 9.59 Å². The molecule has 1 aliphatic rings. The summed E-state index contributed by atoms with van der Waals surface area (Å²) in [5.41, 5.74) is 8.93. The third kappa shape index (κ3) is 2.84. The number of aromatic nitrogens is 2. The zero-order valence-corrected chi connectivity index (χ0v) is 12.0. The molecule has 0 unspecified atom stereocenters. The third-order valence-corrected chi connectivity index (χ3v) is 3.71. The van der Waals surface area contributed by atoms with Crippen LogP contribution in [-0.2, 0) is 19.5 Å². The fraction of sp³-hybridized carbons (Fsp3) is 0.267. The molecule has 5 N–H and O–H groups in total. The van der Waals surface area contributed by atoms with E-state index in [-0.39, 0.29) is 5.91 Å². The van der Waals surface area contributed by atoms with Gasteiger partial charge in [-0.1, -0.05) is 12.1 Å². The minimum atomic E-state index is -0.466. The number of carbonyl (C=O) groups is 2. The SMILES string of the molecule is NC(=O)c1ccc(CNC(=O)c2n[nH]c3c2CNCC3)cc1. The van der Waals surface area contributed by atoms with Crippen LogP contribution in [0.4, 0.5) is 0 Å². The van der Waals surface area contributed by atoms with Gasteiger partial charge in [0, 0.05) is 42.9 Å². The molecule has 7 nitrogen and oxygen atoms in total. The van der Waals surface area contributed by atoms with Crippen LogP contribution in [0.3, 0.4) is 0 Å². The molecule has 0 spiro atoms. The van der Waals surface area contributed by atoms with E-state index in [1.165, 1.54) is 0 Å². The predicted octanol–water partition coefficient (Wildman–Crippen LogP) is 0.0843. The standard InChI is InChI=1S/C15H17N5O2/c16-14(21)10-3-1-9(2-4-10)7-18-15(22)13-11-8-17-6-5-12(11)19-20-13/h1-4,17H,5-8H2,(H2,16,21)(H,18,22)(H,19,20). The summed E-state index contributed by atoms with van der Waals surface area (Å²) in [4.78, 5) is 23.2. The van der Waals surface area contributed by atoms with Gasteiger partial charge in [0.25, 0.3) is 5.91 Å². The lowest BCUT2D eigenvalue weighted by atomic mass is 10.1. The number of aromatic amines is 1. The summed E-state index contributed by atoms with van der Waals surface area (Å²) in [7, 11) is 0. The monoisotopic (exact) mass is 299 g/mol. The molecule has 0 atom stereocenters. The van der Waals surface area contributed by atoms with E-state index >= 15 is 0 Å². The Balaban J connectivity index is 1.65. The Morgan fingerprint density at radius 3 is 2.77 bits per heavy atom. The molecule has 2 amide bonds. The largest absolute Gasteiger partial charge is 0.366 e. The number of amides is 2. The second kappa shape index (κ2) is 5.98. The number of nitrogens with one attached hydrogen (secondary N) is 3. The molecule has 7 heteroatoms. The highest BCUT2D eigenvalue weighted by molar-refractivity contribution is 5.94. The summed E-state index contributed by atoms with van der Waals surface area (Å²) in [5, 5.41) is 13.1. The lowest BCUT2D eigenvalue weighted by molar-refractivity contribution is 0.0943. The first-order valence-electron chi connectivity index (χ1n) is 7.09. The molecule has 3 rings (SSSR count). The minimum absolute atomic E-state index is 0.208. The topological polar surface area (TPSA) is 113 Å². The molecule has 1 aliphatic heterocycles. The Kier molecular flexibility index (Phi) is 3.88. The van der Waals surface area contributed by atoms with Gasteiger partial charge in [0.1, 0.15) is 0 Å². The maximum atomic E-state index is 12.2. The molecule has 2 aromatic rings. The van der Waals surface area contributed by atoms with Crippen molar-refractivity contribution in [1.29, 1.82) is 0 Å². The summed E-state index contributed by atoms with van der Waals surface area (Å²) in [6.07, 6.45) is 0.851. The number of nitrogens with two attached hydrogens (primary N) is 1. The molecule has 0 saturated carbocycles.